The molecule has 2 aliphatic heterocycles. The lowest BCUT2D eigenvalue weighted by Crippen LogP contribution is -2.51. The van der Waals surface area contributed by atoms with Gasteiger partial charge >= 0.3 is 0 Å². The quantitative estimate of drug-likeness (QED) is 0.856. The molecule has 2 aliphatic rings. The molecular formula is C13H19ClN4O. The third-order valence-electron chi connectivity index (χ3n) is 4.07. The second-order valence-corrected chi connectivity index (χ2v) is 5.79. The second kappa shape index (κ2) is 5.13. The molecule has 104 valence electrons. The normalized spacial score (nSPS) is 27.7. The lowest BCUT2D eigenvalue weighted by Gasteiger charge is -2.45. The zero-order chi connectivity index (χ0) is 13.3. The molecule has 1 aromatic heterocycles. The van der Waals surface area contributed by atoms with Gasteiger partial charge in [-0.1, -0.05) is 11.6 Å². The highest BCUT2D eigenvalue weighted by Gasteiger charge is 2.38. The smallest absolute Gasteiger partial charge is 0.153 e. The van der Waals surface area contributed by atoms with E-state index in [0.29, 0.717) is 10.8 Å². The van der Waals surface area contributed by atoms with Gasteiger partial charge in [-0.2, -0.15) is 0 Å². The number of nitrogens with zero attached hydrogens (tertiary/aromatic N) is 3. The largest absolute Gasteiger partial charge is 0.382 e. The number of halogens is 1. The van der Waals surface area contributed by atoms with Crippen molar-refractivity contribution in [2.45, 2.75) is 37.7 Å². The Bertz CT molecular complexity index is 456. The summed E-state index contributed by atoms with van der Waals surface area (Å²) in [6, 6.07) is 0. The molecule has 1 spiro atoms. The van der Waals surface area contributed by atoms with Crippen molar-refractivity contribution in [3.8, 4) is 0 Å². The number of nitrogen functional groups attached to an aromatic ring is 1. The van der Waals surface area contributed by atoms with Crippen LogP contribution in [0.3, 0.4) is 0 Å². The summed E-state index contributed by atoms with van der Waals surface area (Å²) in [6.07, 6.45) is 7.24. The minimum Gasteiger partial charge on any atom is -0.382 e. The average Bonchev–Trinajstić information content (AvgIpc) is 2.43. The summed E-state index contributed by atoms with van der Waals surface area (Å²) in [4.78, 5) is 10.4. The number of rotatable bonds is 1. The molecule has 0 radical (unpaired) electrons. The summed E-state index contributed by atoms with van der Waals surface area (Å²) in [7, 11) is 0. The van der Waals surface area contributed by atoms with Crippen molar-refractivity contribution in [1.82, 2.24) is 9.97 Å². The highest BCUT2D eigenvalue weighted by atomic mass is 35.5. The highest BCUT2D eigenvalue weighted by molar-refractivity contribution is 6.35. The minimum atomic E-state index is -0.0143. The van der Waals surface area contributed by atoms with Crippen molar-refractivity contribution in [2.24, 2.45) is 0 Å². The Labute approximate surface area is 118 Å². The fourth-order valence-corrected chi connectivity index (χ4v) is 3.32. The second-order valence-electron chi connectivity index (χ2n) is 5.41. The summed E-state index contributed by atoms with van der Waals surface area (Å²) in [5, 5.41) is 0.454. The molecule has 5 nitrogen and oxygen atoms in total. The van der Waals surface area contributed by atoms with Crippen molar-refractivity contribution in [1.29, 1.82) is 0 Å². The van der Waals surface area contributed by atoms with E-state index in [4.69, 9.17) is 22.1 Å². The standard InChI is InChI=1S/C13H19ClN4O/c14-10-11(15)16-9-17-12(10)18-6-3-5-13(8-18)4-1-2-7-19-13/h9H,1-8H2,(H2,15,16,17). The molecule has 0 bridgehead atoms. The Balaban J connectivity index is 1.83. The molecule has 2 fully saturated rings. The van der Waals surface area contributed by atoms with Crippen LogP contribution in [0.25, 0.3) is 0 Å². The van der Waals surface area contributed by atoms with Crippen LogP contribution in [0.4, 0.5) is 11.6 Å². The van der Waals surface area contributed by atoms with Gasteiger partial charge in [-0.25, -0.2) is 9.97 Å². The Kier molecular flexibility index (Phi) is 3.50. The van der Waals surface area contributed by atoms with E-state index in [0.717, 1.165) is 44.8 Å². The van der Waals surface area contributed by atoms with Crippen LogP contribution < -0.4 is 10.6 Å². The van der Waals surface area contributed by atoms with Crippen LogP contribution in [0.2, 0.25) is 5.02 Å². The third kappa shape index (κ3) is 2.49. The molecule has 1 atom stereocenters. The van der Waals surface area contributed by atoms with Crippen molar-refractivity contribution in [3.63, 3.8) is 0 Å². The molecular weight excluding hydrogens is 264 g/mol. The van der Waals surface area contributed by atoms with Gasteiger partial charge in [-0.15, -0.1) is 0 Å². The molecule has 1 aromatic rings. The topological polar surface area (TPSA) is 64.3 Å². The van der Waals surface area contributed by atoms with Gasteiger partial charge in [0, 0.05) is 19.7 Å². The summed E-state index contributed by atoms with van der Waals surface area (Å²) < 4.78 is 6.07. The average molecular weight is 283 g/mol. The van der Waals surface area contributed by atoms with E-state index in [1.54, 1.807) is 0 Å². The van der Waals surface area contributed by atoms with Gasteiger partial charge in [0.1, 0.15) is 17.2 Å². The highest BCUT2D eigenvalue weighted by Crippen LogP contribution is 2.37. The number of hydrogen-bond acceptors (Lipinski definition) is 5. The number of hydrogen-bond donors (Lipinski definition) is 1. The van der Waals surface area contributed by atoms with E-state index < -0.39 is 0 Å². The molecule has 6 heteroatoms. The van der Waals surface area contributed by atoms with Crippen LogP contribution in [0.5, 0.6) is 0 Å². The molecule has 1 unspecified atom stereocenters. The van der Waals surface area contributed by atoms with Gasteiger partial charge in [-0.3, -0.25) is 0 Å². The zero-order valence-corrected chi connectivity index (χ0v) is 11.7. The first kappa shape index (κ1) is 12.9. The van der Waals surface area contributed by atoms with Crippen LogP contribution >= 0.6 is 11.6 Å². The maximum atomic E-state index is 6.22. The fourth-order valence-electron chi connectivity index (χ4n) is 3.10. The minimum absolute atomic E-state index is 0.0143. The molecule has 2 saturated heterocycles. The summed E-state index contributed by atoms with van der Waals surface area (Å²) in [5.41, 5.74) is 5.74. The van der Waals surface area contributed by atoms with Crippen LogP contribution in [0, 0.1) is 0 Å². The summed E-state index contributed by atoms with van der Waals surface area (Å²) >= 11 is 6.22. The molecule has 3 rings (SSSR count). The van der Waals surface area contributed by atoms with Crippen molar-refractivity contribution >= 4 is 23.2 Å². The van der Waals surface area contributed by atoms with E-state index in [9.17, 15) is 0 Å². The SMILES string of the molecule is Nc1ncnc(N2CCCC3(CCCCO3)C2)c1Cl. The van der Waals surface area contributed by atoms with Crippen molar-refractivity contribution in [3.05, 3.63) is 11.3 Å². The molecule has 3 heterocycles. The third-order valence-corrected chi connectivity index (χ3v) is 4.43. The fraction of sp³-hybridized carbons (Fsp3) is 0.692. The number of ether oxygens (including phenoxy) is 1. The first-order chi connectivity index (χ1) is 9.20. The molecule has 0 amide bonds. The van der Waals surface area contributed by atoms with E-state index in [-0.39, 0.29) is 5.60 Å². The van der Waals surface area contributed by atoms with Gasteiger partial charge in [0.05, 0.1) is 5.60 Å². The van der Waals surface area contributed by atoms with E-state index in [2.05, 4.69) is 14.9 Å². The number of anilines is 2. The maximum absolute atomic E-state index is 6.22. The Morgan fingerprint density at radius 1 is 1.26 bits per heavy atom. The number of aromatic nitrogens is 2. The summed E-state index contributed by atoms with van der Waals surface area (Å²) in [6.45, 7) is 2.66. The van der Waals surface area contributed by atoms with E-state index >= 15 is 0 Å². The molecule has 0 saturated carbocycles. The van der Waals surface area contributed by atoms with Crippen molar-refractivity contribution < 1.29 is 4.74 Å². The molecule has 2 N–H and O–H groups in total. The van der Waals surface area contributed by atoms with Gasteiger partial charge in [-0.05, 0) is 32.1 Å². The number of piperidine rings is 1. The predicted octanol–water partition coefficient (Wildman–Crippen LogP) is 2.25. The molecule has 0 aromatic carbocycles. The zero-order valence-electron chi connectivity index (χ0n) is 10.9. The van der Waals surface area contributed by atoms with Gasteiger partial charge in [0.2, 0.25) is 0 Å². The van der Waals surface area contributed by atoms with Gasteiger partial charge in [0.25, 0.3) is 0 Å². The van der Waals surface area contributed by atoms with E-state index in [1.807, 2.05) is 0 Å². The first-order valence-corrected chi connectivity index (χ1v) is 7.23. The van der Waals surface area contributed by atoms with Crippen LogP contribution in [0.15, 0.2) is 6.33 Å². The molecule has 0 aliphatic carbocycles. The predicted molar refractivity (Wildman–Crippen MR) is 75.4 cm³/mol. The van der Waals surface area contributed by atoms with Crippen LogP contribution in [-0.4, -0.2) is 35.3 Å². The van der Waals surface area contributed by atoms with Gasteiger partial charge in [0.15, 0.2) is 5.82 Å². The van der Waals surface area contributed by atoms with E-state index in [1.165, 1.54) is 19.2 Å². The number of nitrogens with two attached hydrogens (primary N) is 1. The van der Waals surface area contributed by atoms with Crippen molar-refractivity contribution in [2.75, 3.05) is 30.3 Å². The summed E-state index contributed by atoms with van der Waals surface area (Å²) in [5.74, 6) is 1.08. The lowest BCUT2D eigenvalue weighted by atomic mass is 9.86. The van der Waals surface area contributed by atoms with Gasteiger partial charge < -0.3 is 15.4 Å². The van der Waals surface area contributed by atoms with Crippen LogP contribution in [-0.2, 0) is 4.74 Å². The first-order valence-electron chi connectivity index (χ1n) is 6.85. The lowest BCUT2D eigenvalue weighted by molar-refractivity contribution is -0.0847. The molecule has 19 heavy (non-hydrogen) atoms. The van der Waals surface area contributed by atoms with Crippen LogP contribution in [0.1, 0.15) is 32.1 Å². The maximum Gasteiger partial charge on any atom is 0.153 e. The monoisotopic (exact) mass is 282 g/mol. The Morgan fingerprint density at radius 2 is 2.11 bits per heavy atom. The Morgan fingerprint density at radius 3 is 2.89 bits per heavy atom. The Hall–Kier alpha value is -1.07.